The van der Waals surface area contributed by atoms with Crippen molar-refractivity contribution in [3.05, 3.63) is 47.5 Å². The van der Waals surface area contributed by atoms with Gasteiger partial charge in [0.2, 0.25) is 0 Å². The number of carbonyl (C=O) groups is 1. The number of nitrogens with zero attached hydrogens (tertiary/aromatic N) is 2. The maximum atomic E-state index is 11.4. The van der Waals surface area contributed by atoms with E-state index in [9.17, 15) is 9.90 Å². The van der Waals surface area contributed by atoms with E-state index in [4.69, 9.17) is 13.9 Å². The molecule has 1 aliphatic heterocycles. The number of methoxy groups -OCH3 is 1. The first-order valence-corrected chi connectivity index (χ1v) is 10.5. The van der Waals surface area contributed by atoms with Gasteiger partial charge in [-0.15, -0.1) is 0 Å². The van der Waals surface area contributed by atoms with Crippen molar-refractivity contribution < 1.29 is 23.8 Å². The molecule has 31 heavy (non-hydrogen) atoms. The molecule has 0 aliphatic carbocycles. The van der Waals surface area contributed by atoms with Crippen molar-refractivity contribution in [1.82, 2.24) is 9.88 Å². The lowest BCUT2D eigenvalue weighted by molar-refractivity contribution is 0.0699. The zero-order valence-electron chi connectivity index (χ0n) is 17.8. The fraction of sp³-hybridized carbons (Fsp3) is 0.391. The average Bonchev–Trinajstić information content (AvgIpc) is 3.18. The average molecular weight is 425 g/mol. The summed E-state index contributed by atoms with van der Waals surface area (Å²) in [5.74, 6) is 0.512. The van der Waals surface area contributed by atoms with Gasteiger partial charge in [0.25, 0.3) is 6.01 Å². The number of anilines is 1. The Hall–Kier alpha value is -3.26. The Kier molecular flexibility index (Phi) is 6.27. The highest BCUT2D eigenvalue weighted by Crippen LogP contribution is 2.29. The van der Waals surface area contributed by atoms with Crippen LogP contribution in [0.1, 0.15) is 35.7 Å². The van der Waals surface area contributed by atoms with Crippen LogP contribution in [0.25, 0.3) is 11.1 Å². The van der Waals surface area contributed by atoms with Crippen LogP contribution < -0.4 is 14.8 Å². The standard InChI is InChI=1S/C23H27N3O5/c1-3-30-20-13-15(7-8-18(20)29-2)14-26-11-9-16(10-12-26)24-23-25-21-17(22(27)28)5-4-6-19(21)31-23/h4-8,13,16H,3,9-12,14H2,1-2H3,(H,24,25)(H,27,28). The Balaban J connectivity index is 1.35. The van der Waals surface area contributed by atoms with Crippen LogP contribution >= 0.6 is 0 Å². The summed E-state index contributed by atoms with van der Waals surface area (Å²) in [6.45, 7) is 5.29. The van der Waals surface area contributed by atoms with Gasteiger partial charge in [0.1, 0.15) is 5.52 Å². The van der Waals surface area contributed by atoms with Gasteiger partial charge in [0, 0.05) is 25.7 Å². The molecule has 2 N–H and O–H groups in total. The molecule has 0 bridgehead atoms. The van der Waals surface area contributed by atoms with Gasteiger partial charge < -0.3 is 24.3 Å². The second kappa shape index (κ2) is 9.26. The number of benzene rings is 2. The normalized spacial score (nSPS) is 15.2. The molecule has 1 aliphatic rings. The maximum Gasteiger partial charge on any atom is 0.338 e. The summed E-state index contributed by atoms with van der Waals surface area (Å²) in [6, 6.07) is 11.6. The second-order valence-electron chi connectivity index (χ2n) is 7.59. The highest BCUT2D eigenvalue weighted by Gasteiger charge is 2.22. The van der Waals surface area contributed by atoms with Crippen LogP contribution in [-0.2, 0) is 6.54 Å². The van der Waals surface area contributed by atoms with Gasteiger partial charge in [0.15, 0.2) is 17.1 Å². The summed E-state index contributed by atoms with van der Waals surface area (Å²) in [5, 5.41) is 12.6. The van der Waals surface area contributed by atoms with Gasteiger partial charge in [-0.25, -0.2) is 4.79 Å². The number of rotatable bonds is 8. The van der Waals surface area contributed by atoms with Crippen LogP contribution in [0.15, 0.2) is 40.8 Å². The fourth-order valence-corrected chi connectivity index (χ4v) is 3.94. The number of carboxylic acid groups (broad SMARTS) is 1. The number of aromatic carboxylic acids is 1. The highest BCUT2D eigenvalue weighted by molar-refractivity contribution is 6.00. The van der Waals surface area contributed by atoms with Crippen LogP contribution in [-0.4, -0.2) is 53.8 Å². The SMILES string of the molecule is CCOc1cc(CN2CCC(Nc3nc4c(C(=O)O)cccc4o3)CC2)ccc1OC. The minimum atomic E-state index is -1.01. The van der Waals surface area contributed by atoms with Crippen molar-refractivity contribution in [2.24, 2.45) is 0 Å². The van der Waals surface area contributed by atoms with E-state index in [0.29, 0.717) is 23.7 Å². The second-order valence-corrected chi connectivity index (χ2v) is 7.59. The van der Waals surface area contributed by atoms with E-state index < -0.39 is 5.97 Å². The largest absolute Gasteiger partial charge is 0.493 e. The molecule has 0 unspecified atom stereocenters. The first kappa shape index (κ1) is 21.0. The van der Waals surface area contributed by atoms with Crippen molar-refractivity contribution in [3.63, 3.8) is 0 Å². The highest BCUT2D eigenvalue weighted by atomic mass is 16.5. The van der Waals surface area contributed by atoms with Gasteiger partial charge in [-0.1, -0.05) is 12.1 Å². The van der Waals surface area contributed by atoms with E-state index in [-0.39, 0.29) is 11.6 Å². The van der Waals surface area contributed by atoms with E-state index in [1.165, 1.54) is 11.6 Å². The van der Waals surface area contributed by atoms with Crippen molar-refractivity contribution in [3.8, 4) is 11.5 Å². The topological polar surface area (TPSA) is 97.1 Å². The Morgan fingerprint density at radius 2 is 2.06 bits per heavy atom. The maximum absolute atomic E-state index is 11.4. The lowest BCUT2D eigenvalue weighted by Gasteiger charge is -2.32. The molecule has 0 saturated carbocycles. The van der Waals surface area contributed by atoms with Gasteiger partial charge in [-0.05, 0) is 49.6 Å². The summed E-state index contributed by atoms with van der Waals surface area (Å²) in [5.41, 5.74) is 2.19. The summed E-state index contributed by atoms with van der Waals surface area (Å²) in [7, 11) is 1.65. The molecular formula is C23H27N3O5. The zero-order valence-corrected chi connectivity index (χ0v) is 17.8. The van der Waals surface area contributed by atoms with Crippen molar-refractivity contribution >= 4 is 23.1 Å². The molecule has 8 heteroatoms. The molecule has 0 atom stereocenters. The number of piperidine rings is 1. The number of nitrogens with one attached hydrogen (secondary N) is 1. The van der Waals surface area contributed by atoms with E-state index in [2.05, 4.69) is 21.3 Å². The number of likely N-dealkylation sites (tertiary alicyclic amines) is 1. The van der Waals surface area contributed by atoms with Gasteiger partial charge in [-0.3, -0.25) is 4.90 Å². The Labute approximate surface area is 180 Å². The lowest BCUT2D eigenvalue weighted by atomic mass is 10.0. The number of para-hydroxylation sites is 1. The molecule has 2 heterocycles. The molecule has 0 amide bonds. The van der Waals surface area contributed by atoms with Crippen LogP contribution in [0.4, 0.5) is 6.01 Å². The fourth-order valence-electron chi connectivity index (χ4n) is 3.94. The third-order valence-electron chi connectivity index (χ3n) is 5.50. The number of carboxylic acids is 1. The van der Waals surface area contributed by atoms with E-state index in [1.54, 1.807) is 19.2 Å². The number of hydrogen-bond acceptors (Lipinski definition) is 7. The van der Waals surface area contributed by atoms with Gasteiger partial charge >= 0.3 is 5.97 Å². The van der Waals surface area contributed by atoms with E-state index in [1.807, 2.05) is 19.1 Å². The number of fused-ring (bicyclic) bond motifs is 1. The van der Waals surface area contributed by atoms with E-state index >= 15 is 0 Å². The first-order valence-electron chi connectivity index (χ1n) is 10.5. The van der Waals surface area contributed by atoms with Crippen LogP contribution in [0.3, 0.4) is 0 Å². The quantitative estimate of drug-likeness (QED) is 0.559. The summed E-state index contributed by atoms with van der Waals surface area (Å²) >= 11 is 0. The van der Waals surface area contributed by atoms with Crippen molar-refractivity contribution in [2.75, 3.05) is 32.1 Å². The Bertz CT molecular complexity index is 1060. The van der Waals surface area contributed by atoms with Crippen molar-refractivity contribution in [1.29, 1.82) is 0 Å². The zero-order chi connectivity index (χ0) is 21.8. The number of ether oxygens (including phenoxy) is 2. The molecule has 1 aromatic heterocycles. The number of oxazole rings is 1. The Morgan fingerprint density at radius 1 is 1.26 bits per heavy atom. The lowest BCUT2D eigenvalue weighted by Crippen LogP contribution is -2.38. The van der Waals surface area contributed by atoms with Gasteiger partial charge in [-0.2, -0.15) is 4.98 Å². The molecule has 8 nitrogen and oxygen atoms in total. The van der Waals surface area contributed by atoms with Crippen LogP contribution in [0, 0.1) is 0 Å². The molecule has 1 fully saturated rings. The molecule has 164 valence electrons. The number of hydrogen-bond donors (Lipinski definition) is 2. The van der Waals surface area contributed by atoms with Crippen molar-refractivity contribution in [2.45, 2.75) is 32.4 Å². The Morgan fingerprint density at radius 3 is 2.77 bits per heavy atom. The van der Waals surface area contributed by atoms with Gasteiger partial charge in [0.05, 0.1) is 19.3 Å². The summed E-state index contributed by atoms with van der Waals surface area (Å²) < 4.78 is 16.8. The number of aromatic nitrogens is 1. The molecule has 0 spiro atoms. The summed E-state index contributed by atoms with van der Waals surface area (Å²) in [4.78, 5) is 18.1. The third kappa shape index (κ3) is 4.74. The summed E-state index contributed by atoms with van der Waals surface area (Å²) in [6.07, 6.45) is 1.89. The molecule has 1 saturated heterocycles. The molecular weight excluding hydrogens is 398 g/mol. The minimum Gasteiger partial charge on any atom is -0.493 e. The first-order chi connectivity index (χ1) is 15.1. The monoisotopic (exact) mass is 425 g/mol. The molecule has 4 rings (SSSR count). The third-order valence-corrected chi connectivity index (χ3v) is 5.50. The molecule has 0 radical (unpaired) electrons. The predicted octanol–water partition coefficient (Wildman–Crippen LogP) is 4.01. The smallest absolute Gasteiger partial charge is 0.338 e. The molecule has 2 aromatic carbocycles. The van der Waals surface area contributed by atoms with Crippen LogP contribution in [0.2, 0.25) is 0 Å². The minimum absolute atomic E-state index is 0.148. The van der Waals surface area contributed by atoms with Crippen LogP contribution in [0.5, 0.6) is 11.5 Å². The molecule has 3 aromatic rings. The predicted molar refractivity (Wildman–Crippen MR) is 117 cm³/mol. The van der Waals surface area contributed by atoms with E-state index in [0.717, 1.165) is 44.0 Å².